The first-order valence-electron chi connectivity index (χ1n) is 9.92. The number of hydrogen-bond acceptors (Lipinski definition) is 5. The molecule has 30 heavy (non-hydrogen) atoms. The highest BCUT2D eigenvalue weighted by Crippen LogP contribution is 2.27. The standard InChI is InChI=1S/C22H25FN4O2S/c1-16-14-20(18-7-5-8-19(23)22(18)25-16)24-15-17-6-3-4-9-21(17)30(28,29)27-12-10-26(2)11-13-27/h3-9,14H,10-13,15H2,1-2H3,(H,24,25). The molecule has 0 aliphatic carbocycles. The normalized spacial score (nSPS) is 16.1. The van der Waals surface area contributed by atoms with Gasteiger partial charge in [0.1, 0.15) is 11.3 Å². The molecule has 1 saturated heterocycles. The van der Waals surface area contributed by atoms with Gasteiger partial charge in [0.2, 0.25) is 10.0 Å². The largest absolute Gasteiger partial charge is 0.380 e. The Morgan fingerprint density at radius 2 is 1.80 bits per heavy atom. The lowest BCUT2D eigenvalue weighted by atomic mass is 10.1. The predicted octanol–water partition coefficient (Wildman–Crippen LogP) is 3.23. The molecule has 1 aliphatic rings. The van der Waals surface area contributed by atoms with Crippen molar-refractivity contribution in [3.05, 3.63) is 65.6 Å². The zero-order valence-corrected chi connectivity index (χ0v) is 17.9. The molecule has 6 nitrogen and oxygen atoms in total. The van der Waals surface area contributed by atoms with Crippen molar-refractivity contribution in [3.8, 4) is 0 Å². The second kappa shape index (κ2) is 8.29. The summed E-state index contributed by atoms with van der Waals surface area (Å²) in [6, 6.07) is 13.7. The van der Waals surface area contributed by atoms with Crippen molar-refractivity contribution in [1.29, 1.82) is 0 Å². The summed E-state index contributed by atoms with van der Waals surface area (Å²) in [6.07, 6.45) is 0. The predicted molar refractivity (Wildman–Crippen MR) is 116 cm³/mol. The Hall–Kier alpha value is -2.55. The quantitative estimate of drug-likeness (QED) is 0.676. The highest BCUT2D eigenvalue weighted by molar-refractivity contribution is 7.89. The first kappa shape index (κ1) is 20.7. The third-order valence-corrected chi connectivity index (χ3v) is 7.44. The minimum Gasteiger partial charge on any atom is -0.380 e. The van der Waals surface area contributed by atoms with E-state index >= 15 is 0 Å². The van der Waals surface area contributed by atoms with Gasteiger partial charge in [-0.25, -0.2) is 17.8 Å². The average Bonchev–Trinajstić information content (AvgIpc) is 2.73. The molecule has 0 unspecified atom stereocenters. The number of nitrogens with one attached hydrogen (secondary N) is 1. The van der Waals surface area contributed by atoms with Gasteiger partial charge in [0, 0.05) is 49.5 Å². The number of pyridine rings is 1. The molecule has 4 rings (SSSR count). The summed E-state index contributed by atoms with van der Waals surface area (Å²) in [5.41, 5.74) is 2.39. The molecule has 0 saturated carbocycles. The van der Waals surface area contributed by atoms with E-state index in [1.807, 2.05) is 32.2 Å². The molecule has 1 N–H and O–H groups in total. The fourth-order valence-electron chi connectivity index (χ4n) is 3.75. The van der Waals surface area contributed by atoms with Crippen LogP contribution in [0, 0.1) is 12.7 Å². The molecular formula is C22H25FN4O2S. The van der Waals surface area contributed by atoms with Crippen LogP contribution in [0.1, 0.15) is 11.3 Å². The second-order valence-corrected chi connectivity index (χ2v) is 9.52. The molecule has 0 radical (unpaired) electrons. The maximum Gasteiger partial charge on any atom is 0.243 e. The number of anilines is 1. The first-order chi connectivity index (χ1) is 14.4. The number of likely N-dealkylation sites (N-methyl/N-ethyl adjacent to an activating group) is 1. The van der Waals surface area contributed by atoms with Crippen molar-refractivity contribution >= 4 is 26.6 Å². The van der Waals surface area contributed by atoms with Crippen LogP contribution in [0.3, 0.4) is 0 Å². The number of halogens is 1. The summed E-state index contributed by atoms with van der Waals surface area (Å²) in [5.74, 6) is -0.378. The van der Waals surface area contributed by atoms with Crippen LogP contribution >= 0.6 is 0 Å². The van der Waals surface area contributed by atoms with Crippen molar-refractivity contribution in [2.45, 2.75) is 18.4 Å². The molecule has 8 heteroatoms. The van der Waals surface area contributed by atoms with Crippen LogP contribution in [0.2, 0.25) is 0 Å². The SMILES string of the molecule is Cc1cc(NCc2ccccc2S(=O)(=O)N2CCN(C)CC2)c2cccc(F)c2n1. The summed E-state index contributed by atoms with van der Waals surface area (Å²) in [4.78, 5) is 6.72. The Morgan fingerprint density at radius 1 is 1.07 bits per heavy atom. The lowest BCUT2D eigenvalue weighted by molar-refractivity contribution is 0.222. The number of sulfonamides is 1. The van der Waals surface area contributed by atoms with Crippen molar-refractivity contribution in [2.24, 2.45) is 0 Å². The van der Waals surface area contributed by atoms with E-state index in [9.17, 15) is 12.8 Å². The highest BCUT2D eigenvalue weighted by Gasteiger charge is 2.29. The van der Waals surface area contributed by atoms with Gasteiger partial charge < -0.3 is 10.2 Å². The van der Waals surface area contributed by atoms with Gasteiger partial charge in [-0.1, -0.05) is 30.3 Å². The summed E-state index contributed by atoms with van der Waals surface area (Å²) in [5, 5.41) is 3.96. The van der Waals surface area contributed by atoms with Gasteiger partial charge >= 0.3 is 0 Å². The molecule has 0 amide bonds. The van der Waals surface area contributed by atoms with E-state index in [1.165, 1.54) is 6.07 Å². The number of para-hydroxylation sites is 1. The molecule has 1 aromatic heterocycles. The molecule has 0 bridgehead atoms. The van der Waals surface area contributed by atoms with Gasteiger partial charge in [-0.3, -0.25) is 0 Å². The smallest absolute Gasteiger partial charge is 0.243 e. The fraction of sp³-hybridized carbons (Fsp3) is 0.318. The van der Waals surface area contributed by atoms with Crippen molar-refractivity contribution in [1.82, 2.24) is 14.2 Å². The lowest BCUT2D eigenvalue weighted by Gasteiger charge is -2.32. The molecule has 0 atom stereocenters. The topological polar surface area (TPSA) is 65.5 Å². The van der Waals surface area contributed by atoms with Gasteiger partial charge in [0.25, 0.3) is 0 Å². The second-order valence-electron chi connectivity index (χ2n) is 7.62. The van der Waals surface area contributed by atoms with Gasteiger partial charge in [-0.2, -0.15) is 4.31 Å². The summed E-state index contributed by atoms with van der Waals surface area (Å²) < 4.78 is 42.2. The fourth-order valence-corrected chi connectivity index (χ4v) is 5.39. The molecule has 2 aromatic carbocycles. The summed E-state index contributed by atoms with van der Waals surface area (Å²) >= 11 is 0. The average molecular weight is 429 g/mol. The van der Waals surface area contributed by atoms with Crippen LogP contribution in [0.4, 0.5) is 10.1 Å². The Morgan fingerprint density at radius 3 is 2.57 bits per heavy atom. The van der Waals surface area contributed by atoms with Crippen LogP contribution in [-0.4, -0.2) is 55.8 Å². The number of fused-ring (bicyclic) bond motifs is 1. The zero-order chi connectivity index (χ0) is 21.3. The molecule has 3 aromatic rings. The molecule has 1 aliphatic heterocycles. The van der Waals surface area contributed by atoms with Gasteiger partial charge in [0.05, 0.1) is 4.90 Å². The summed E-state index contributed by atoms with van der Waals surface area (Å²) in [7, 11) is -1.59. The summed E-state index contributed by atoms with van der Waals surface area (Å²) in [6.45, 7) is 4.50. The van der Waals surface area contributed by atoms with E-state index < -0.39 is 10.0 Å². The molecule has 0 spiro atoms. The van der Waals surface area contributed by atoms with Gasteiger partial charge in [-0.05, 0) is 37.7 Å². The Labute approximate surface area is 176 Å². The van der Waals surface area contributed by atoms with Crippen LogP contribution < -0.4 is 5.32 Å². The number of piperazine rings is 1. The van der Waals surface area contributed by atoms with E-state index in [0.717, 1.165) is 5.69 Å². The number of nitrogens with zero attached hydrogens (tertiary/aromatic N) is 3. The van der Waals surface area contributed by atoms with E-state index in [2.05, 4.69) is 15.2 Å². The lowest BCUT2D eigenvalue weighted by Crippen LogP contribution is -2.47. The Balaban J connectivity index is 1.63. The highest BCUT2D eigenvalue weighted by atomic mass is 32.2. The van der Waals surface area contributed by atoms with Crippen molar-refractivity contribution in [2.75, 3.05) is 38.5 Å². The molecule has 158 valence electrons. The van der Waals surface area contributed by atoms with E-state index in [1.54, 1.807) is 28.6 Å². The number of hydrogen-bond donors (Lipinski definition) is 1. The number of rotatable bonds is 5. The number of benzene rings is 2. The third kappa shape index (κ3) is 4.03. The van der Waals surface area contributed by atoms with E-state index in [-0.39, 0.29) is 5.82 Å². The van der Waals surface area contributed by atoms with Crippen molar-refractivity contribution in [3.63, 3.8) is 0 Å². The number of aromatic nitrogens is 1. The van der Waals surface area contributed by atoms with Crippen LogP contribution in [0.5, 0.6) is 0 Å². The zero-order valence-electron chi connectivity index (χ0n) is 17.1. The Bertz CT molecular complexity index is 1170. The van der Waals surface area contributed by atoms with Gasteiger partial charge in [0.15, 0.2) is 0 Å². The molecule has 1 fully saturated rings. The number of aryl methyl sites for hydroxylation is 1. The van der Waals surface area contributed by atoms with Crippen LogP contribution in [0.25, 0.3) is 10.9 Å². The molecular weight excluding hydrogens is 403 g/mol. The first-order valence-corrected chi connectivity index (χ1v) is 11.4. The van der Waals surface area contributed by atoms with Crippen molar-refractivity contribution < 1.29 is 12.8 Å². The van der Waals surface area contributed by atoms with Crippen LogP contribution in [0.15, 0.2) is 53.4 Å². The Kier molecular flexibility index (Phi) is 5.73. The monoisotopic (exact) mass is 428 g/mol. The van der Waals surface area contributed by atoms with E-state index in [0.29, 0.717) is 59.8 Å². The van der Waals surface area contributed by atoms with E-state index in [4.69, 9.17) is 0 Å². The minimum atomic E-state index is -3.58. The maximum absolute atomic E-state index is 14.2. The minimum absolute atomic E-state index is 0.304. The molecule has 2 heterocycles. The maximum atomic E-state index is 14.2. The van der Waals surface area contributed by atoms with Gasteiger partial charge in [-0.15, -0.1) is 0 Å². The van der Waals surface area contributed by atoms with Crippen LogP contribution in [-0.2, 0) is 16.6 Å². The third-order valence-electron chi connectivity index (χ3n) is 5.44.